The van der Waals surface area contributed by atoms with E-state index >= 15 is 0 Å². The molecule has 7 nitrogen and oxygen atoms in total. The van der Waals surface area contributed by atoms with Crippen molar-refractivity contribution in [3.63, 3.8) is 0 Å². The van der Waals surface area contributed by atoms with E-state index in [1.165, 1.54) is 0 Å². The number of hydrogen-bond donors (Lipinski definition) is 5. The van der Waals surface area contributed by atoms with Crippen LogP contribution in [0.25, 0.3) is 10.9 Å². The number of fused-ring (bicyclic) bond motifs is 1. The van der Waals surface area contributed by atoms with E-state index in [-0.39, 0.29) is 0 Å². The maximum atomic E-state index is 9.94. The molecule has 0 aliphatic carbocycles. The molecule has 2 heterocycles. The van der Waals surface area contributed by atoms with Gasteiger partial charge in [0.05, 0.1) is 6.61 Å². The van der Waals surface area contributed by atoms with Crippen molar-refractivity contribution in [3.05, 3.63) is 30.5 Å². The summed E-state index contributed by atoms with van der Waals surface area (Å²) < 4.78 is 10.9. The number of aromatic amines is 1. The van der Waals surface area contributed by atoms with Crippen molar-refractivity contribution >= 4 is 10.9 Å². The summed E-state index contributed by atoms with van der Waals surface area (Å²) in [4.78, 5) is 3.01. The Morgan fingerprint density at radius 1 is 1.10 bits per heavy atom. The summed E-state index contributed by atoms with van der Waals surface area (Å²) in [7, 11) is 0. The molecule has 0 saturated carbocycles. The van der Waals surface area contributed by atoms with Crippen LogP contribution in [-0.2, 0) is 4.74 Å². The van der Waals surface area contributed by atoms with Crippen LogP contribution in [0.3, 0.4) is 0 Å². The van der Waals surface area contributed by atoms with Crippen LogP contribution in [0, 0.1) is 0 Å². The van der Waals surface area contributed by atoms with Gasteiger partial charge in [0, 0.05) is 17.1 Å². The van der Waals surface area contributed by atoms with E-state index < -0.39 is 37.3 Å². The summed E-state index contributed by atoms with van der Waals surface area (Å²) in [6.07, 6.45) is -4.82. The minimum absolute atomic E-state index is 0.454. The van der Waals surface area contributed by atoms with Gasteiger partial charge in [-0.1, -0.05) is 12.1 Å². The van der Waals surface area contributed by atoms with E-state index in [1.807, 2.05) is 24.3 Å². The lowest BCUT2D eigenvalue weighted by Crippen LogP contribution is -2.60. The lowest BCUT2D eigenvalue weighted by atomic mass is 9.99. The molecule has 1 aromatic carbocycles. The van der Waals surface area contributed by atoms with Crippen molar-refractivity contribution < 1.29 is 29.9 Å². The van der Waals surface area contributed by atoms with Crippen LogP contribution in [-0.4, -0.2) is 62.7 Å². The van der Waals surface area contributed by atoms with Gasteiger partial charge in [0.15, 0.2) is 0 Å². The van der Waals surface area contributed by atoms with Crippen molar-refractivity contribution in [2.45, 2.75) is 30.7 Å². The SMILES string of the molecule is OC[C@@H]1O[C@@H](Oc2c[nH]c3ccccc23)[C@@H](O)[C@H](O)[C@H]1O. The highest BCUT2D eigenvalue weighted by Gasteiger charge is 2.44. The van der Waals surface area contributed by atoms with E-state index in [4.69, 9.17) is 14.6 Å². The van der Waals surface area contributed by atoms with Crippen LogP contribution >= 0.6 is 0 Å². The molecule has 3 rings (SSSR count). The molecular weight excluding hydrogens is 278 g/mol. The normalized spacial score (nSPS) is 33.2. The summed E-state index contributed by atoms with van der Waals surface area (Å²) in [5.74, 6) is 0.454. The summed E-state index contributed by atoms with van der Waals surface area (Å²) in [6, 6.07) is 7.42. The number of rotatable bonds is 3. The monoisotopic (exact) mass is 295 g/mol. The molecule has 1 aliphatic heterocycles. The minimum atomic E-state index is -1.45. The number of hydrogen-bond acceptors (Lipinski definition) is 6. The van der Waals surface area contributed by atoms with E-state index in [2.05, 4.69) is 4.98 Å². The second-order valence-corrected chi connectivity index (χ2v) is 5.01. The molecule has 1 fully saturated rings. The average Bonchev–Trinajstić information content (AvgIpc) is 2.91. The van der Waals surface area contributed by atoms with E-state index in [1.54, 1.807) is 6.20 Å². The summed E-state index contributed by atoms with van der Waals surface area (Å²) >= 11 is 0. The molecule has 1 aliphatic rings. The molecule has 0 spiro atoms. The number of ether oxygens (including phenoxy) is 2. The molecule has 2 aromatic rings. The number of nitrogens with one attached hydrogen (secondary N) is 1. The third-order valence-corrected chi connectivity index (χ3v) is 3.64. The van der Waals surface area contributed by atoms with E-state index in [9.17, 15) is 15.3 Å². The van der Waals surface area contributed by atoms with Gasteiger partial charge >= 0.3 is 0 Å². The molecule has 1 aromatic heterocycles. The maximum absolute atomic E-state index is 9.94. The van der Waals surface area contributed by atoms with E-state index in [0.29, 0.717) is 5.75 Å². The topological polar surface area (TPSA) is 115 Å². The largest absolute Gasteiger partial charge is 0.460 e. The number of para-hydroxylation sites is 1. The van der Waals surface area contributed by atoms with Crippen molar-refractivity contribution in [1.29, 1.82) is 0 Å². The first-order chi connectivity index (χ1) is 10.1. The molecule has 0 radical (unpaired) electrons. The third kappa shape index (κ3) is 2.50. The lowest BCUT2D eigenvalue weighted by molar-refractivity contribution is -0.277. The Morgan fingerprint density at radius 2 is 1.86 bits per heavy atom. The van der Waals surface area contributed by atoms with Gasteiger partial charge in [-0.2, -0.15) is 0 Å². The molecule has 21 heavy (non-hydrogen) atoms. The van der Waals surface area contributed by atoms with Crippen molar-refractivity contribution in [2.75, 3.05) is 6.61 Å². The summed E-state index contributed by atoms with van der Waals surface area (Å²) in [5.41, 5.74) is 0.858. The molecule has 114 valence electrons. The van der Waals surface area contributed by atoms with Gasteiger partial charge in [0.25, 0.3) is 0 Å². The number of aromatic nitrogens is 1. The first-order valence-corrected chi connectivity index (χ1v) is 6.65. The zero-order valence-corrected chi connectivity index (χ0v) is 11.1. The smallest absolute Gasteiger partial charge is 0.229 e. The van der Waals surface area contributed by atoms with Gasteiger partial charge in [-0.25, -0.2) is 0 Å². The van der Waals surface area contributed by atoms with Crippen molar-refractivity contribution in [2.24, 2.45) is 0 Å². The standard InChI is InChI=1S/C14H17NO6/c16-6-10-11(17)12(18)13(19)14(21-10)20-9-5-15-8-4-2-1-3-7(8)9/h1-5,10-19H,6H2/t10-,11-,12+,13-,14+/m0/s1. The third-order valence-electron chi connectivity index (χ3n) is 3.64. The van der Waals surface area contributed by atoms with Crippen LogP contribution in [0.1, 0.15) is 0 Å². The molecule has 0 bridgehead atoms. The molecular formula is C14H17NO6. The Hall–Kier alpha value is -1.64. The first kappa shape index (κ1) is 14.3. The highest BCUT2D eigenvalue weighted by molar-refractivity contribution is 5.85. The molecule has 1 saturated heterocycles. The fourth-order valence-electron chi connectivity index (χ4n) is 2.43. The zero-order chi connectivity index (χ0) is 15.0. The van der Waals surface area contributed by atoms with Gasteiger partial charge in [0.2, 0.25) is 6.29 Å². The zero-order valence-electron chi connectivity index (χ0n) is 11.1. The molecule has 0 unspecified atom stereocenters. The Bertz CT molecular complexity index is 612. The molecule has 5 atom stereocenters. The van der Waals surface area contributed by atoms with Crippen LogP contribution in [0.2, 0.25) is 0 Å². The van der Waals surface area contributed by atoms with Crippen LogP contribution < -0.4 is 4.74 Å². The predicted molar refractivity (Wildman–Crippen MR) is 72.7 cm³/mol. The van der Waals surface area contributed by atoms with E-state index in [0.717, 1.165) is 10.9 Å². The fourth-order valence-corrected chi connectivity index (χ4v) is 2.43. The highest BCUT2D eigenvalue weighted by atomic mass is 16.7. The maximum Gasteiger partial charge on any atom is 0.229 e. The summed E-state index contributed by atoms with van der Waals surface area (Å²) in [6.45, 7) is -0.487. The summed E-state index contributed by atoms with van der Waals surface area (Å²) in [5, 5.41) is 39.3. The van der Waals surface area contributed by atoms with Crippen molar-refractivity contribution in [1.82, 2.24) is 4.98 Å². The highest BCUT2D eigenvalue weighted by Crippen LogP contribution is 2.29. The Kier molecular flexibility index (Phi) is 3.83. The fraction of sp³-hybridized carbons (Fsp3) is 0.429. The Balaban J connectivity index is 1.83. The number of benzene rings is 1. The van der Waals surface area contributed by atoms with Crippen molar-refractivity contribution in [3.8, 4) is 5.75 Å². The molecule has 5 N–H and O–H groups in total. The average molecular weight is 295 g/mol. The molecule has 7 heteroatoms. The predicted octanol–water partition coefficient (Wildman–Crippen LogP) is -0.653. The van der Waals surface area contributed by atoms with Gasteiger partial charge < -0.3 is 34.9 Å². The van der Waals surface area contributed by atoms with Gasteiger partial charge in [0.1, 0.15) is 30.2 Å². The molecule has 0 amide bonds. The Morgan fingerprint density at radius 3 is 2.62 bits per heavy atom. The number of aliphatic hydroxyl groups is 4. The van der Waals surface area contributed by atoms with Crippen LogP contribution in [0.5, 0.6) is 5.75 Å². The second-order valence-electron chi connectivity index (χ2n) is 5.01. The minimum Gasteiger partial charge on any atom is -0.460 e. The quantitative estimate of drug-likeness (QED) is 0.514. The van der Waals surface area contributed by atoms with Crippen LogP contribution in [0.15, 0.2) is 30.5 Å². The second kappa shape index (κ2) is 5.63. The van der Waals surface area contributed by atoms with Gasteiger partial charge in [-0.15, -0.1) is 0 Å². The number of H-pyrrole nitrogens is 1. The number of aliphatic hydroxyl groups excluding tert-OH is 4. The van der Waals surface area contributed by atoms with Crippen LogP contribution in [0.4, 0.5) is 0 Å². The lowest BCUT2D eigenvalue weighted by Gasteiger charge is -2.39. The van der Waals surface area contributed by atoms with Gasteiger partial charge in [-0.05, 0) is 12.1 Å². The first-order valence-electron chi connectivity index (χ1n) is 6.65. The Labute approximate surface area is 120 Å². The van der Waals surface area contributed by atoms with Gasteiger partial charge in [-0.3, -0.25) is 0 Å².